The van der Waals surface area contributed by atoms with Gasteiger partial charge in [-0.1, -0.05) is 18.2 Å². The molecule has 0 saturated carbocycles. The largest absolute Gasteiger partial charge is 0.480 e. The molecule has 0 spiro atoms. The van der Waals surface area contributed by atoms with E-state index in [4.69, 9.17) is 4.74 Å². The van der Waals surface area contributed by atoms with E-state index in [1.807, 2.05) is 0 Å². The van der Waals surface area contributed by atoms with Crippen molar-refractivity contribution >= 4 is 16.0 Å². The fraction of sp³-hybridized carbons (Fsp3) is 0.400. The Morgan fingerprint density at radius 2 is 1.86 bits per heavy atom. The minimum Gasteiger partial charge on any atom is -0.480 e. The van der Waals surface area contributed by atoms with E-state index in [0.717, 1.165) is 0 Å². The summed E-state index contributed by atoms with van der Waals surface area (Å²) >= 11 is 0. The number of nitriles is 1. The maximum absolute atomic E-state index is 13.2. The lowest BCUT2D eigenvalue weighted by Gasteiger charge is -2.27. The molecule has 8 nitrogen and oxygen atoms in total. The molecule has 0 radical (unpaired) electrons. The summed E-state index contributed by atoms with van der Waals surface area (Å²) in [5.74, 6) is -1.00. The van der Waals surface area contributed by atoms with Gasteiger partial charge in [-0.05, 0) is 31.0 Å². The van der Waals surface area contributed by atoms with Crippen LogP contribution in [0.2, 0.25) is 0 Å². The van der Waals surface area contributed by atoms with Gasteiger partial charge in [0.2, 0.25) is 10.0 Å². The van der Waals surface area contributed by atoms with Gasteiger partial charge in [0.15, 0.2) is 0 Å². The molecule has 0 amide bonds. The highest BCUT2D eigenvalue weighted by Crippen LogP contribution is 2.28. The summed E-state index contributed by atoms with van der Waals surface area (Å²) < 4.78 is 34.6. The Balaban J connectivity index is 2.05. The highest BCUT2D eigenvalue weighted by Gasteiger charge is 2.29. The molecule has 1 aromatic carbocycles. The average Bonchev–Trinajstić information content (AvgIpc) is 2.92. The van der Waals surface area contributed by atoms with Crippen LogP contribution in [-0.4, -0.2) is 54.7 Å². The first-order valence-electron chi connectivity index (χ1n) is 9.23. The minimum absolute atomic E-state index is 0.203. The van der Waals surface area contributed by atoms with E-state index in [2.05, 4.69) is 6.07 Å². The van der Waals surface area contributed by atoms with E-state index in [1.54, 1.807) is 42.7 Å². The lowest BCUT2D eigenvalue weighted by molar-refractivity contribution is -0.137. The predicted molar refractivity (Wildman–Crippen MR) is 105 cm³/mol. The smallest absolute Gasteiger partial charge is 0.323 e. The fourth-order valence-electron chi connectivity index (χ4n) is 3.70. The molecule has 1 aliphatic heterocycles. The number of carboxylic acids is 1. The first kappa shape index (κ1) is 21.0. The Hall–Kier alpha value is -2.67. The van der Waals surface area contributed by atoms with Crippen molar-refractivity contribution in [2.24, 2.45) is 0 Å². The third-order valence-corrected chi connectivity index (χ3v) is 7.24. The van der Waals surface area contributed by atoms with Gasteiger partial charge in [0.05, 0.1) is 23.7 Å². The summed E-state index contributed by atoms with van der Waals surface area (Å²) in [5, 5.41) is 18.8. The molecule has 1 fully saturated rings. The van der Waals surface area contributed by atoms with Crippen molar-refractivity contribution in [3.8, 4) is 6.07 Å². The van der Waals surface area contributed by atoms with Crippen LogP contribution in [0.4, 0.5) is 0 Å². The number of hydrogen-bond acceptors (Lipinski definition) is 5. The standard InChI is InChI=1S/C20H23N3O5S/c1-14-17(18(12-21)15(2)23(14)13-20(24)25)11-16-5-3-4-6-19(16)29(26,27)22-7-9-28-10-8-22/h3-6H,7-11,13H2,1-2H3,(H,24,25). The molecule has 29 heavy (non-hydrogen) atoms. The maximum Gasteiger partial charge on any atom is 0.323 e. The molecular weight excluding hydrogens is 394 g/mol. The summed E-state index contributed by atoms with van der Waals surface area (Å²) in [6, 6.07) is 8.89. The Kier molecular flexibility index (Phi) is 6.07. The van der Waals surface area contributed by atoms with E-state index in [1.165, 1.54) is 4.31 Å². The third-order valence-electron chi connectivity index (χ3n) is 5.24. The zero-order chi connectivity index (χ0) is 21.2. The number of hydrogen-bond donors (Lipinski definition) is 1. The molecule has 1 aliphatic rings. The summed E-state index contributed by atoms with van der Waals surface area (Å²) in [6.07, 6.45) is 0.224. The molecule has 2 heterocycles. The number of aliphatic carboxylic acids is 1. The number of carboxylic acid groups (broad SMARTS) is 1. The fourth-order valence-corrected chi connectivity index (χ4v) is 5.33. The molecule has 0 aliphatic carbocycles. The number of ether oxygens (including phenoxy) is 1. The number of rotatable bonds is 6. The Morgan fingerprint density at radius 3 is 2.48 bits per heavy atom. The number of aromatic nitrogens is 1. The van der Waals surface area contributed by atoms with E-state index in [9.17, 15) is 23.6 Å². The molecule has 0 bridgehead atoms. The molecule has 3 rings (SSSR count). The second-order valence-electron chi connectivity index (χ2n) is 6.92. The van der Waals surface area contributed by atoms with E-state index in [0.29, 0.717) is 54.4 Å². The van der Waals surface area contributed by atoms with E-state index < -0.39 is 16.0 Å². The summed E-state index contributed by atoms with van der Waals surface area (Å²) in [6.45, 7) is 4.52. The van der Waals surface area contributed by atoms with Crippen LogP contribution >= 0.6 is 0 Å². The zero-order valence-corrected chi connectivity index (χ0v) is 17.2. The van der Waals surface area contributed by atoms with Crippen LogP contribution in [0.25, 0.3) is 0 Å². The van der Waals surface area contributed by atoms with Crippen molar-refractivity contribution in [1.82, 2.24) is 8.87 Å². The van der Waals surface area contributed by atoms with Crippen LogP contribution in [0, 0.1) is 25.2 Å². The second kappa shape index (κ2) is 8.37. The highest BCUT2D eigenvalue weighted by atomic mass is 32.2. The molecule has 0 atom stereocenters. The molecule has 1 N–H and O–H groups in total. The van der Waals surface area contributed by atoms with Crippen LogP contribution in [0.5, 0.6) is 0 Å². The van der Waals surface area contributed by atoms with Crippen LogP contribution in [0.1, 0.15) is 28.1 Å². The number of sulfonamides is 1. The topological polar surface area (TPSA) is 113 Å². The van der Waals surface area contributed by atoms with E-state index in [-0.39, 0.29) is 17.9 Å². The van der Waals surface area contributed by atoms with Gasteiger partial charge in [0, 0.05) is 30.9 Å². The Bertz CT molecular complexity index is 1080. The van der Waals surface area contributed by atoms with Gasteiger partial charge in [-0.2, -0.15) is 9.57 Å². The van der Waals surface area contributed by atoms with Crippen LogP contribution in [0.3, 0.4) is 0 Å². The number of benzene rings is 1. The predicted octanol–water partition coefficient (Wildman–Crippen LogP) is 1.67. The van der Waals surface area contributed by atoms with Crippen LogP contribution in [0.15, 0.2) is 29.2 Å². The van der Waals surface area contributed by atoms with Gasteiger partial charge in [0.25, 0.3) is 0 Å². The first-order chi connectivity index (χ1) is 13.8. The van der Waals surface area contributed by atoms with Crippen molar-refractivity contribution in [1.29, 1.82) is 5.26 Å². The quantitative estimate of drug-likeness (QED) is 0.765. The molecule has 1 saturated heterocycles. The molecule has 1 aromatic heterocycles. The maximum atomic E-state index is 13.2. The minimum atomic E-state index is -3.70. The van der Waals surface area contributed by atoms with Crippen LogP contribution in [-0.2, 0) is 32.5 Å². The lowest BCUT2D eigenvalue weighted by Crippen LogP contribution is -2.40. The normalized spacial score (nSPS) is 15.2. The third kappa shape index (κ3) is 4.05. The van der Waals surface area contributed by atoms with Gasteiger partial charge in [-0.15, -0.1) is 0 Å². The monoisotopic (exact) mass is 417 g/mol. The molecule has 9 heteroatoms. The molecular formula is C20H23N3O5S. The summed E-state index contributed by atoms with van der Waals surface area (Å²) in [7, 11) is -3.70. The molecule has 0 unspecified atom stereocenters. The average molecular weight is 417 g/mol. The molecule has 2 aromatic rings. The van der Waals surface area contributed by atoms with Gasteiger partial charge in [0.1, 0.15) is 12.6 Å². The number of carbonyl (C=O) groups is 1. The summed E-state index contributed by atoms with van der Waals surface area (Å²) in [5.41, 5.74) is 2.83. The van der Waals surface area contributed by atoms with Gasteiger partial charge < -0.3 is 14.4 Å². The van der Waals surface area contributed by atoms with Crippen molar-refractivity contribution in [3.63, 3.8) is 0 Å². The summed E-state index contributed by atoms with van der Waals surface area (Å²) in [4.78, 5) is 11.4. The van der Waals surface area contributed by atoms with Crippen molar-refractivity contribution in [2.45, 2.75) is 31.7 Å². The van der Waals surface area contributed by atoms with Crippen molar-refractivity contribution in [3.05, 3.63) is 52.3 Å². The lowest BCUT2D eigenvalue weighted by atomic mass is 10.0. The number of nitrogens with zero attached hydrogens (tertiary/aromatic N) is 3. The SMILES string of the molecule is Cc1c(C#N)c(Cc2ccccc2S(=O)(=O)N2CCOCC2)c(C)n1CC(=O)O. The molecule has 154 valence electrons. The first-order valence-corrected chi connectivity index (χ1v) is 10.7. The Labute approximate surface area is 170 Å². The Morgan fingerprint density at radius 1 is 1.21 bits per heavy atom. The van der Waals surface area contributed by atoms with Crippen LogP contribution < -0.4 is 0 Å². The highest BCUT2D eigenvalue weighted by molar-refractivity contribution is 7.89. The second-order valence-corrected chi connectivity index (χ2v) is 8.82. The van der Waals surface area contributed by atoms with Gasteiger partial charge in [-0.3, -0.25) is 4.79 Å². The van der Waals surface area contributed by atoms with Gasteiger partial charge in [-0.25, -0.2) is 8.42 Å². The van der Waals surface area contributed by atoms with Crippen molar-refractivity contribution < 1.29 is 23.1 Å². The zero-order valence-electron chi connectivity index (χ0n) is 16.4. The number of morpholine rings is 1. The van der Waals surface area contributed by atoms with Gasteiger partial charge >= 0.3 is 5.97 Å². The van der Waals surface area contributed by atoms with Crippen molar-refractivity contribution in [2.75, 3.05) is 26.3 Å². The van der Waals surface area contributed by atoms with E-state index >= 15 is 0 Å².